The van der Waals surface area contributed by atoms with E-state index in [0.717, 1.165) is 31.1 Å². The maximum Gasteiger partial charge on any atom is 0.516 e. The number of carbonyl (C=O) groups excluding carboxylic acids is 9. The number of nitrogens with zero attached hydrogens (tertiary/aromatic N) is 21. The van der Waals surface area contributed by atoms with E-state index in [1.54, 1.807) is 78.6 Å². The molecule has 0 aliphatic carbocycles. The zero-order valence-corrected chi connectivity index (χ0v) is 67.3. The smallest absolute Gasteiger partial charge is 0.480 e. The van der Waals surface area contributed by atoms with E-state index in [0.29, 0.717) is 104 Å². The molecule has 0 saturated carbocycles. The molecule has 40 nitrogen and oxygen atoms in total. The Balaban J connectivity index is 0.000000151. The predicted molar refractivity (Wildman–Crippen MR) is 426 cm³/mol. The molecule has 8 aromatic heterocycles. The van der Waals surface area contributed by atoms with Gasteiger partial charge in [-0.05, 0) is 74.5 Å². The number of benzene rings is 1. The number of aliphatic hydroxyl groups excluding tert-OH is 1. The van der Waals surface area contributed by atoms with Gasteiger partial charge in [-0.3, -0.25) is 73.1 Å². The highest BCUT2D eigenvalue weighted by Gasteiger charge is 2.48. The fourth-order valence-electron chi connectivity index (χ4n) is 12.5. The van der Waals surface area contributed by atoms with Crippen LogP contribution in [-0.4, -0.2) is 266 Å². The Morgan fingerprint density at radius 2 is 0.733 bits per heavy atom. The van der Waals surface area contributed by atoms with Crippen molar-refractivity contribution in [1.82, 2.24) is 89.6 Å². The molecule has 4 atom stereocenters. The van der Waals surface area contributed by atoms with E-state index in [9.17, 15) is 53.1 Å². The first-order valence-corrected chi connectivity index (χ1v) is 38.0. The summed E-state index contributed by atoms with van der Waals surface area (Å²) >= 11 is 23.4. The van der Waals surface area contributed by atoms with E-state index in [2.05, 4.69) is 70.0 Å². The van der Waals surface area contributed by atoms with E-state index in [1.165, 1.54) is 111 Å². The number of amides is 6. The van der Waals surface area contributed by atoms with Gasteiger partial charge in [-0.1, -0.05) is 64.6 Å². The van der Waals surface area contributed by atoms with Gasteiger partial charge in [0.1, 0.15) is 51.8 Å². The first kappa shape index (κ1) is 88.3. The number of ether oxygens (including phenoxy) is 6. The summed E-state index contributed by atoms with van der Waals surface area (Å²) in [6, 6.07) is 20.9. The Hall–Kier alpha value is -12.5. The monoisotopic (exact) mass is 1740 g/mol. The summed E-state index contributed by atoms with van der Waals surface area (Å²) in [5.41, 5.74) is 1.29. The van der Waals surface area contributed by atoms with Crippen molar-refractivity contribution in [3.8, 4) is 5.75 Å². The summed E-state index contributed by atoms with van der Waals surface area (Å²) in [5.74, 6) is -1.86. The van der Waals surface area contributed by atoms with E-state index < -0.39 is 72.9 Å². The number of rotatable bonds is 16. The first-order chi connectivity index (χ1) is 57.5. The highest BCUT2D eigenvalue weighted by atomic mass is 35.5. The lowest BCUT2D eigenvalue weighted by molar-refractivity contribution is -0.145. The molecule has 7 aliphatic rings. The van der Waals surface area contributed by atoms with Gasteiger partial charge >= 0.3 is 36.2 Å². The number of nitrogens with one attached hydrogen (secondary N) is 1. The quantitative estimate of drug-likeness (QED) is 0.0499. The number of aromatic nitrogens is 12. The zero-order chi connectivity index (χ0) is 84.2. The van der Waals surface area contributed by atoms with Crippen LogP contribution in [0.4, 0.5) is 37.7 Å². The molecule has 15 heterocycles. The van der Waals surface area contributed by atoms with E-state index in [1.807, 2.05) is 11.8 Å². The summed E-state index contributed by atoms with van der Waals surface area (Å²) in [4.78, 5) is 185. The Labute approximate surface area is 708 Å². The average molecular weight is 1750 g/mol. The average Bonchev–Trinajstić information content (AvgIpc) is 1.62. The summed E-state index contributed by atoms with van der Waals surface area (Å²) in [7, 11) is 0. The van der Waals surface area contributed by atoms with Crippen LogP contribution in [-0.2, 0) is 38.1 Å². The van der Waals surface area contributed by atoms with Crippen LogP contribution in [0.1, 0.15) is 103 Å². The molecule has 3 N–H and O–H groups in total. The standard InChI is InChI=1S/C20H21ClN6O5.C18H17ClN6O5.C18H11ClN4O4.C11H7ClN4O2.C8H16N2O2.ClH/c1-2-31-15(28)12-25-7-9-26(10-8-25)20(30)32-19-17-16(22-5-6-23-17)18(29)27(19)14-4-3-13(21)11-24-14;19-11-1-2-12(22-9-11)25-16(28)14-15(21-4-3-20-14)17(25)30-18(29)24-7-5-23(6-8-24)10-13(26)27;19-11-6-7-13(22-10-11)23-16(24)14-15(21-9-8-20-14)17(23)27-18(25)26-12-4-2-1-3-5-12;12-6-1-2-7(15-5-6)16-10(17)8-9(11(16)18)14-4-3-13-8;1-2-12-8(11)7-10-5-3-9-4-6-10;/h3-6,11,19H,2,7-10,12H2,1H3;1-4,9,17H,5-8,10H2,(H,26,27);1-10,17H;1-5,10,17H;9H,2-7H2,1H3;1H. The highest BCUT2D eigenvalue weighted by Crippen LogP contribution is 2.40. The second-order valence-corrected chi connectivity index (χ2v) is 27.5. The molecule has 3 saturated heterocycles. The lowest BCUT2D eigenvalue weighted by Gasteiger charge is -2.34. The molecule has 0 bridgehead atoms. The molecule has 1 aromatic carbocycles. The van der Waals surface area contributed by atoms with Crippen molar-refractivity contribution in [2.45, 2.75) is 38.8 Å². The molecule has 7 aliphatic heterocycles. The van der Waals surface area contributed by atoms with Crippen LogP contribution in [0, 0.1) is 0 Å². The number of carboxylic acids is 1. The Bertz CT molecular complexity index is 5130. The second-order valence-electron chi connectivity index (χ2n) is 25.7. The summed E-state index contributed by atoms with van der Waals surface area (Å²) in [6.45, 7) is 11.9. The Morgan fingerprint density at radius 3 is 1.08 bits per heavy atom. The third-order valence-electron chi connectivity index (χ3n) is 18.0. The molecule has 3 fully saturated rings. The molecule has 16 rings (SSSR count). The van der Waals surface area contributed by atoms with Gasteiger partial charge in [-0.2, -0.15) is 0 Å². The molecule has 4 unspecified atom stereocenters. The number of pyridine rings is 4. The van der Waals surface area contributed by atoms with Crippen molar-refractivity contribution >= 4 is 142 Å². The van der Waals surface area contributed by atoms with Crippen LogP contribution >= 0.6 is 58.8 Å². The summed E-state index contributed by atoms with van der Waals surface area (Å²) in [5, 5.41) is 23.8. The minimum Gasteiger partial charge on any atom is -0.480 e. The van der Waals surface area contributed by atoms with Gasteiger partial charge in [0, 0.05) is 153 Å². The molecule has 0 radical (unpaired) electrons. The SMILES string of the molecule is CCOC(=O)CN1CCN(C(=O)OC2c3nccnc3C(=O)N2c2ccc(Cl)cn2)CC1.CCOC(=O)CN1CCNCC1.Cl.O=C(O)CN1CCN(C(=O)OC2c3nccnc3C(=O)N2c2ccc(Cl)cn2)CC1.O=C(Oc1ccccc1)OC1c2nccnc2C(=O)N1c1ccc(Cl)cn1.O=C1c2nccnc2C(O)N1c1ccc(Cl)cn1. The maximum atomic E-state index is 12.9. The highest BCUT2D eigenvalue weighted by molar-refractivity contribution is 6.31. The van der Waals surface area contributed by atoms with E-state index in [4.69, 9.17) is 79.9 Å². The van der Waals surface area contributed by atoms with Crippen molar-refractivity contribution in [3.63, 3.8) is 0 Å². The van der Waals surface area contributed by atoms with Gasteiger partial charge in [0.15, 0.2) is 29.0 Å². The third kappa shape index (κ3) is 21.9. The van der Waals surface area contributed by atoms with Crippen molar-refractivity contribution < 1.29 is 86.6 Å². The van der Waals surface area contributed by atoms with Crippen LogP contribution in [0.2, 0.25) is 20.1 Å². The van der Waals surface area contributed by atoms with Gasteiger partial charge < -0.3 is 53.8 Å². The van der Waals surface area contributed by atoms with Gasteiger partial charge in [-0.15, -0.1) is 12.4 Å². The zero-order valence-electron chi connectivity index (χ0n) is 63.5. The van der Waals surface area contributed by atoms with Crippen molar-refractivity contribution in [3.05, 3.63) is 219 Å². The number of para-hydroxylation sites is 1. The van der Waals surface area contributed by atoms with Crippen LogP contribution in [0.3, 0.4) is 0 Å². The number of halogens is 5. The third-order valence-corrected chi connectivity index (χ3v) is 18.9. The minimum atomic E-state index is -1.17. The van der Waals surface area contributed by atoms with Gasteiger partial charge in [-0.25, -0.2) is 69.0 Å². The number of hydrogen-bond acceptors (Lipinski definition) is 33. The molecule has 6 amide bonds. The number of fused-ring (bicyclic) bond motifs is 4. The second kappa shape index (κ2) is 41.7. The number of carbonyl (C=O) groups is 10. The minimum absolute atomic E-state index is 0. The summed E-state index contributed by atoms with van der Waals surface area (Å²) in [6.07, 6.45) is 10.0. The fourth-order valence-corrected chi connectivity index (χ4v) is 12.9. The van der Waals surface area contributed by atoms with Crippen LogP contribution < -0.4 is 29.7 Å². The van der Waals surface area contributed by atoms with E-state index in [-0.39, 0.29) is 100 Å². The molecule has 45 heteroatoms. The molecule has 9 aromatic rings. The molecular weight excluding hydrogens is 1670 g/mol. The van der Waals surface area contributed by atoms with Crippen molar-refractivity contribution in [1.29, 1.82) is 0 Å². The number of anilines is 4. The van der Waals surface area contributed by atoms with Crippen molar-refractivity contribution in [2.24, 2.45) is 0 Å². The number of aliphatic hydroxyl groups is 1. The molecule has 626 valence electrons. The topological polar surface area (TPSA) is 462 Å². The predicted octanol–water partition coefficient (Wildman–Crippen LogP) is 6.98. The van der Waals surface area contributed by atoms with Crippen LogP contribution in [0.5, 0.6) is 5.75 Å². The normalized spacial score (nSPS) is 17.7. The lowest BCUT2D eigenvalue weighted by atomic mass is 10.3. The number of piperazine rings is 3. The largest absolute Gasteiger partial charge is 0.516 e. The number of esters is 2. The first-order valence-electron chi connectivity index (χ1n) is 36.5. The molecule has 0 spiro atoms. The van der Waals surface area contributed by atoms with Crippen molar-refractivity contribution in [2.75, 3.05) is 131 Å². The maximum absolute atomic E-state index is 12.9. The van der Waals surface area contributed by atoms with Gasteiger partial charge in [0.2, 0.25) is 18.7 Å². The summed E-state index contributed by atoms with van der Waals surface area (Å²) < 4.78 is 31.7. The molecular formula is C75H73Cl5N22O18. The Kier molecular flexibility index (Phi) is 30.7. The lowest BCUT2D eigenvalue weighted by Crippen LogP contribution is -2.50. The number of carboxylic acid groups (broad SMARTS) is 1. The van der Waals surface area contributed by atoms with Crippen LogP contribution in [0.15, 0.2) is 153 Å². The number of aliphatic carboxylic acids is 1. The number of hydrogen-bond donors (Lipinski definition) is 3. The van der Waals surface area contributed by atoms with Crippen LogP contribution in [0.25, 0.3) is 0 Å². The fraction of sp³-hybridized carbons (Fsp3) is 0.307. The van der Waals surface area contributed by atoms with E-state index >= 15 is 0 Å². The van der Waals surface area contributed by atoms with Gasteiger partial charge in [0.05, 0.1) is 52.9 Å². The van der Waals surface area contributed by atoms with Gasteiger partial charge in [0.25, 0.3) is 23.6 Å². The molecule has 120 heavy (non-hydrogen) atoms. The Morgan fingerprint density at radius 1 is 0.408 bits per heavy atom.